The van der Waals surface area contributed by atoms with Gasteiger partial charge in [-0.2, -0.15) is 5.26 Å². The minimum absolute atomic E-state index is 0.411. The van der Waals surface area contributed by atoms with E-state index in [0.29, 0.717) is 22.0 Å². The predicted octanol–water partition coefficient (Wildman–Crippen LogP) is 4.93. The highest BCUT2D eigenvalue weighted by atomic mass is 79.9. The highest BCUT2D eigenvalue weighted by molar-refractivity contribution is 9.10. The average molecular weight is 365 g/mol. The van der Waals surface area contributed by atoms with Gasteiger partial charge < -0.3 is 10.6 Å². The highest BCUT2D eigenvalue weighted by Gasteiger charge is 2.08. The molecule has 106 valence electrons. The van der Waals surface area contributed by atoms with Gasteiger partial charge in [-0.05, 0) is 58.7 Å². The molecule has 0 aliphatic carbocycles. The van der Waals surface area contributed by atoms with Gasteiger partial charge in [-0.25, -0.2) is 4.79 Å². The number of anilines is 2. The normalized spacial score (nSPS) is 9.81. The van der Waals surface area contributed by atoms with Crippen LogP contribution in [-0.2, 0) is 0 Å². The molecule has 0 spiro atoms. The van der Waals surface area contributed by atoms with Gasteiger partial charge in [0.15, 0.2) is 0 Å². The van der Waals surface area contributed by atoms with Crippen LogP contribution in [0.15, 0.2) is 40.9 Å². The molecule has 0 saturated carbocycles. The van der Waals surface area contributed by atoms with Crippen LogP contribution in [0.25, 0.3) is 0 Å². The molecule has 0 bridgehead atoms. The van der Waals surface area contributed by atoms with Gasteiger partial charge in [-0.1, -0.05) is 17.7 Å². The molecule has 2 N–H and O–H groups in total. The number of nitrogens with one attached hydrogen (secondary N) is 2. The summed E-state index contributed by atoms with van der Waals surface area (Å²) in [6.45, 7) is 1.88. The van der Waals surface area contributed by atoms with Gasteiger partial charge in [-0.15, -0.1) is 0 Å². The van der Waals surface area contributed by atoms with Crippen molar-refractivity contribution in [1.82, 2.24) is 0 Å². The number of amides is 2. The third-order valence-electron chi connectivity index (χ3n) is 2.75. The van der Waals surface area contributed by atoms with Crippen LogP contribution >= 0.6 is 27.5 Å². The van der Waals surface area contributed by atoms with Crippen molar-refractivity contribution in [3.05, 3.63) is 57.0 Å². The Kier molecular flexibility index (Phi) is 4.84. The number of benzene rings is 2. The second kappa shape index (κ2) is 6.61. The van der Waals surface area contributed by atoms with Crippen LogP contribution in [0, 0.1) is 18.3 Å². The topological polar surface area (TPSA) is 64.9 Å². The minimum atomic E-state index is -0.411. The Morgan fingerprint density at radius 3 is 2.76 bits per heavy atom. The third kappa shape index (κ3) is 3.97. The number of nitriles is 1. The molecule has 4 nitrogen and oxygen atoms in total. The van der Waals surface area contributed by atoms with Crippen molar-refractivity contribution in [2.24, 2.45) is 0 Å². The first-order valence-corrected chi connectivity index (χ1v) is 7.20. The molecule has 2 aromatic rings. The smallest absolute Gasteiger partial charge is 0.308 e. The maximum absolute atomic E-state index is 12.0. The zero-order valence-electron chi connectivity index (χ0n) is 11.1. The highest BCUT2D eigenvalue weighted by Crippen LogP contribution is 2.29. The lowest BCUT2D eigenvalue weighted by Crippen LogP contribution is -2.19. The Morgan fingerprint density at radius 1 is 1.29 bits per heavy atom. The van der Waals surface area contributed by atoms with E-state index in [1.165, 1.54) is 0 Å². The monoisotopic (exact) mass is 363 g/mol. The van der Waals surface area contributed by atoms with Crippen LogP contribution in [0.4, 0.5) is 16.2 Å². The van der Waals surface area contributed by atoms with Crippen molar-refractivity contribution in [1.29, 1.82) is 5.26 Å². The zero-order chi connectivity index (χ0) is 15.4. The number of urea groups is 1. The van der Waals surface area contributed by atoms with Crippen molar-refractivity contribution in [3.63, 3.8) is 0 Å². The minimum Gasteiger partial charge on any atom is -0.308 e. The number of hydrogen-bond donors (Lipinski definition) is 2. The first-order chi connectivity index (χ1) is 9.99. The predicted molar refractivity (Wildman–Crippen MR) is 87.7 cm³/mol. The van der Waals surface area contributed by atoms with Crippen LogP contribution in [0.5, 0.6) is 0 Å². The van der Waals surface area contributed by atoms with Gasteiger partial charge in [0.2, 0.25) is 0 Å². The maximum atomic E-state index is 12.0. The molecule has 21 heavy (non-hydrogen) atoms. The number of hydrogen-bond acceptors (Lipinski definition) is 2. The molecule has 0 radical (unpaired) electrons. The summed E-state index contributed by atoms with van der Waals surface area (Å²) in [6.07, 6.45) is 0. The molecular formula is C15H11BrClN3O. The molecule has 0 fully saturated rings. The van der Waals surface area contributed by atoms with E-state index in [9.17, 15) is 4.79 Å². The number of halogens is 2. The molecule has 0 unspecified atom stereocenters. The maximum Gasteiger partial charge on any atom is 0.323 e. The van der Waals surface area contributed by atoms with Crippen LogP contribution in [-0.4, -0.2) is 6.03 Å². The van der Waals surface area contributed by atoms with Crippen molar-refractivity contribution in [2.45, 2.75) is 6.92 Å². The molecule has 2 rings (SSSR count). The summed E-state index contributed by atoms with van der Waals surface area (Å²) in [5, 5.41) is 14.8. The molecule has 6 heteroatoms. The van der Waals surface area contributed by atoms with E-state index in [1.54, 1.807) is 30.3 Å². The van der Waals surface area contributed by atoms with Gasteiger partial charge in [0.05, 0.1) is 17.3 Å². The van der Waals surface area contributed by atoms with Gasteiger partial charge in [-0.3, -0.25) is 0 Å². The van der Waals surface area contributed by atoms with E-state index < -0.39 is 6.03 Å². The summed E-state index contributed by atoms with van der Waals surface area (Å²) in [5.41, 5.74) is 2.50. The number of carbonyl (C=O) groups excluding carboxylic acids is 1. The number of carbonyl (C=O) groups is 1. The Labute approximate surface area is 135 Å². The van der Waals surface area contributed by atoms with E-state index in [-0.39, 0.29) is 0 Å². The lowest BCUT2D eigenvalue weighted by atomic mass is 10.2. The first kappa shape index (κ1) is 15.4. The fourth-order valence-electron chi connectivity index (χ4n) is 1.69. The SMILES string of the molecule is Cc1cc(Br)c(NC(=O)Nc2cccc(C#N)c2)cc1Cl. The molecule has 0 aliphatic heterocycles. The fraction of sp³-hybridized carbons (Fsp3) is 0.0667. The third-order valence-corrected chi connectivity index (χ3v) is 3.81. The van der Waals surface area contributed by atoms with E-state index in [1.807, 2.05) is 19.1 Å². The lowest BCUT2D eigenvalue weighted by Gasteiger charge is -2.11. The van der Waals surface area contributed by atoms with Gasteiger partial charge >= 0.3 is 6.03 Å². The summed E-state index contributed by atoms with van der Waals surface area (Å²) in [4.78, 5) is 12.0. The van der Waals surface area contributed by atoms with Crippen molar-refractivity contribution < 1.29 is 4.79 Å². The molecule has 0 atom stereocenters. The Bertz CT molecular complexity index is 740. The van der Waals surface area contributed by atoms with E-state index in [4.69, 9.17) is 16.9 Å². The van der Waals surface area contributed by atoms with Gasteiger partial charge in [0, 0.05) is 15.2 Å². The van der Waals surface area contributed by atoms with E-state index in [2.05, 4.69) is 26.6 Å². The summed E-state index contributed by atoms with van der Waals surface area (Å²) >= 11 is 9.41. The molecule has 2 aromatic carbocycles. The summed E-state index contributed by atoms with van der Waals surface area (Å²) < 4.78 is 0.741. The standard InChI is InChI=1S/C15H11BrClN3O/c1-9-5-12(16)14(7-13(9)17)20-15(21)19-11-4-2-3-10(6-11)8-18/h2-7H,1H3,(H2,19,20,21). The quantitative estimate of drug-likeness (QED) is 0.794. The van der Waals surface area contributed by atoms with Crippen LogP contribution in [0.2, 0.25) is 5.02 Å². The van der Waals surface area contributed by atoms with Crippen LogP contribution in [0.1, 0.15) is 11.1 Å². The fourth-order valence-corrected chi connectivity index (χ4v) is 2.41. The molecule has 2 amide bonds. The molecular weight excluding hydrogens is 354 g/mol. The van der Waals surface area contributed by atoms with Gasteiger partial charge in [0.1, 0.15) is 0 Å². The number of aryl methyl sites for hydroxylation is 1. The van der Waals surface area contributed by atoms with E-state index >= 15 is 0 Å². The Hall–Kier alpha value is -2.03. The molecule has 0 heterocycles. The zero-order valence-corrected chi connectivity index (χ0v) is 13.4. The van der Waals surface area contributed by atoms with Crippen molar-refractivity contribution in [3.8, 4) is 6.07 Å². The average Bonchev–Trinajstić information content (AvgIpc) is 2.45. The second-order valence-electron chi connectivity index (χ2n) is 4.35. The Morgan fingerprint density at radius 2 is 2.05 bits per heavy atom. The van der Waals surface area contributed by atoms with Crippen molar-refractivity contribution >= 4 is 44.9 Å². The first-order valence-electron chi connectivity index (χ1n) is 6.03. The van der Waals surface area contributed by atoms with E-state index in [0.717, 1.165) is 10.0 Å². The number of nitrogens with zero attached hydrogens (tertiary/aromatic N) is 1. The summed E-state index contributed by atoms with van der Waals surface area (Å²) in [5.74, 6) is 0. The molecule has 0 aliphatic rings. The summed E-state index contributed by atoms with van der Waals surface area (Å²) in [7, 11) is 0. The van der Waals surface area contributed by atoms with Gasteiger partial charge in [0.25, 0.3) is 0 Å². The lowest BCUT2D eigenvalue weighted by molar-refractivity contribution is 0.262. The van der Waals surface area contributed by atoms with Crippen molar-refractivity contribution in [2.75, 3.05) is 10.6 Å². The number of rotatable bonds is 2. The molecule has 0 saturated heterocycles. The summed E-state index contributed by atoms with van der Waals surface area (Å²) in [6, 6.07) is 11.8. The molecule has 0 aromatic heterocycles. The Balaban J connectivity index is 2.12. The largest absolute Gasteiger partial charge is 0.323 e. The van der Waals surface area contributed by atoms with Crippen LogP contribution in [0.3, 0.4) is 0 Å². The second-order valence-corrected chi connectivity index (χ2v) is 5.61. The van der Waals surface area contributed by atoms with Crippen LogP contribution < -0.4 is 10.6 Å².